The van der Waals surface area contributed by atoms with Crippen molar-refractivity contribution in [2.75, 3.05) is 6.61 Å². The van der Waals surface area contributed by atoms with Crippen LogP contribution in [0, 0.1) is 0 Å². The highest BCUT2D eigenvalue weighted by molar-refractivity contribution is 7.09. The Labute approximate surface area is 121 Å². The van der Waals surface area contributed by atoms with E-state index in [1.54, 1.807) is 17.5 Å². The number of nitrogens with zero attached hydrogens (tertiary/aromatic N) is 1. The minimum atomic E-state index is -0.0109. The summed E-state index contributed by atoms with van der Waals surface area (Å²) in [6, 6.07) is 12.0. The zero-order valence-electron chi connectivity index (χ0n) is 11.0. The number of hydrogen-bond donors (Lipinski definition) is 1. The zero-order valence-corrected chi connectivity index (χ0v) is 11.8. The van der Waals surface area contributed by atoms with Crippen LogP contribution in [-0.2, 0) is 13.0 Å². The predicted molar refractivity (Wildman–Crippen MR) is 81.2 cm³/mol. The molecule has 2 aromatic heterocycles. The first-order valence-electron chi connectivity index (χ1n) is 6.51. The van der Waals surface area contributed by atoms with Crippen LogP contribution in [0.3, 0.4) is 0 Å². The van der Waals surface area contributed by atoms with Gasteiger partial charge in [-0.2, -0.15) is 0 Å². The van der Waals surface area contributed by atoms with Gasteiger partial charge in [0.25, 0.3) is 0 Å². The fourth-order valence-electron chi connectivity index (χ4n) is 2.17. The van der Waals surface area contributed by atoms with Gasteiger partial charge in [-0.15, -0.1) is 11.3 Å². The lowest BCUT2D eigenvalue weighted by Crippen LogP contribution is -2.03. The second-order valence-corrected chi connectivity index (χ2v) is 5.50. The maximum absolute atomic E-state index is 9.35. The van der Waals surface area contributed by atoms with Crippen molar-refractivity contribution in [1.82, 2.24) is 4.98 Å². The lowest BCUT2D eigenvalue weighted by molar-refractivity contribution is 0.282. The lowest BCUT2D eigenvalue weighted by atomic mass is 10.1. The van der Waals surface area contributed by atoms with Crippen LogP contribution in [0.2, 0.25) is 0 Å². The molecule has 102 valence electrons. The summed E-state index contributed by atoms with van der Waals surface area (Å²) >= 11 is 1.73. The number of aromatic nitrogens is 1. The van der Waals surface area contributed by atoms with Crippen LogP contribution in [0.15, 0.2) is 48.0 Å². The summed E-state index contributed by atoms with van der Waals surface area (Å²) in [4.78, 5) is 5.62. The van der Waals surface area contributed by atoms with Crippen molar-refractivity contribution < 1.29 is 9.84 Å². The average Bonchev–Trinajstić information content (AvgIpc) is 3.01. The van der Waals surface area contributed by atoms with Crippen LogP contribution in [-0.4, -0.2) is 16.7 Å². The monoisotopic (exact) mass is 285 g/mol. The van der Waals surface area contributed by atoms with Crippen LogP contribution in [0.1, 0.15) is 10.4 Å². The molecule has 0 unspecified atom stereocenters. The van der Waals surface area contributed by atoms with E-state index in [0.717, 1.165) is 22.8 Å². The van der Waals surface area contributed by atoms with E-state index in [1.165, 1.54) is 4.88 Å². The summed E-state index contributed by atoms with van der Waals surface area (Å²) in [5.74, 6) is 0.634. The number of aliphatic hydroxyl groups excluding tert-OH is 1. The number of benzene rings is 1. The summed E-state index contributed by atoms with van der Waals surface area (Å²) < 4.78 is 5.81. The number of hydrogen-bond acceptors (Lipinski definition) is 4. The Bertz CT molecular complexity index is 695. The molecule has 3 rings (SSSR count). The second kappa shape index (κ2) is 6.03. The Morgan fingerprint density at radius 3 is 2.70 bits per heavy atom. The first-order valence-corrected chi connectivity index (χ1v) is 7.39. The van der Waals surface area contributed by atoms with Crippen molar-refractivity contribution in [3.05, 3.63) is 58.4 Å². The van der Waals surface area contributed by atoms with Gasteiger partial charge in [0, 0.05) is 28.4 Å². The summed E-state index contributed by atoms with van der Waals surface area (Å²) in [5, 5.41) is 13.4. The van der Waals surface area contributed by atoms with Gasteiger partial charge in [-0.05, 0) is 22.9 Å². The fraction of sp³-hybridized carbons (Fsp3) is 0.188. The highest BCUT2D eigenvalue weighted by Gasteiger charge is 2.07. The predicted octanol–water partition coefficient (Wildman–Crippen LogP) is 3.41. The average molecular weight is 285 g/mol. The van der Waals surface area contributed by atoms with Crippen LogP contribution < -0.4 is 4.74 Å². The standard InChI is InChI=1S/C16H15NO2S/c18-11-12-10-17-16(15-6-2-1-5-14(12)15)19-8-7-13-4-3-9-20-13/h1-6,9-10,18H,7-8,11H2. The molecule has 1 aromatic carbocycles. The largest absolute Gasteiger partial charge is 0.477 e. The van der Waals surface area contributed by atoms with Gasteiger partial charge in [-0.3, -0.25) is 0 Å². The topological polar surface area (TPSA) is 42.4 Å². The molecule has 0 spiro atoms. The van der Waals surface area contributed by atoms with Gasteiger partial charge < -0.3 is 9.84 Å². The van der Waals surface area contributed by atoms with E-state index in [2.05, 4.69) is 16.4 Å². The van der Waals surface area contributed by atoms with Crippen molar-refractivity contribution in [1.29, 1.82) is 0 Å². The molecule has 0 atom stereocenters. The van der Waals surface area contributed by atoms with Gasteiger partial charge in [-0.1, -0.05) is 24.3 Å². The maximum Gasteiger partial charge on any atom is 0.221 e. The van der Waals surface area contributed by atoms with Crippen LogP contribution in [0.5, 0.6) is 5.88 Å². The molecule has 0 saturated heterocycles. The summed E-state index contributed by atoms with van der Waals surface area (Å²) in [6.07, 6.45) is 2.57. The fourth-order valence-corrected chi connectivity index (χ4v) is 2.86. The van der Waals surface area contributed by atoms with E-state index < -0.39 is 0 Å². The van der Waals surface area contributed by atoms with Gasteiger partial charge in [0.1, 0.15) is 0 Å². The van der Waals surface area contributed by atoms with E-state index >= 15 is 0 Å². The highest BCUT2D eigenvalue weighted by atomic mass is 32.1. The summed E-state index contributed by atoms with van der Waals surface area (Å²) in [5.41, 5.74) is 0.825. The Morgan fingerprint density at radius 1 is 1.10 bits per heavy atom. The smallest absolute Gasteiger partial charge is 0.221 e. The molecule has 0 amide bonds. The normalized spacial score (nSPS) is 10.8. The molecule has 20 heavy (non-hydrogen) atoms. The van der Waals surface area contributed by atoms with Crippen molar-refractivity contribution in [2.45, 2.75) is 13.0 Å². The maximum atomic E-state index is 9.35. The molecule has 0 bridgehead atoms. The molecule has 4 heteroatoms. The minimum Gasteiger partial charge on any atom is -0.477 e. The van der Waals surface area contributed by atoms with Gasteiger partial charge in [0.05, 0.1) is 13.2 Å². The van der Waals surface area contributed by atoms with Gasteiger partial charge in [0.15, 0.2) is 0 Å². The highest BCUT2D eigenvalue weighted by Crippen LogP contribution is 2.26. The molecule has 3 aromatic rings. The second-order valence-electron chi connectivity index (χ2n) is 4.47. The van der Waals surface area contributed by atoms with Crippen molar-refractivity contribution in [3.63, 3.8) is 0 Å². The van der Waals surface area contributed by atoms with E-state index in [4.69, 9.17) is 4.74 Å². The molecular formula is C16H15NO2S. The van der Waals surface area contributed by atoms with Crippen molar-refractivity contribution in [2.24, 2.45) is 0 Å². The molecule has 0 aliphatic carbocycles. The third-order valence-electron chi connectivity index (χ3n) is 3.18. The van der Waals surface area contributed by atoms with Crippen molar-refractivity contribution in [3.8, 4) is 5.88 Å². The first-order chi connectivity index (χ1) is 9.88. The lowest BCUT2D eigenvalue weighted by Gasteiger charge is -2.10. The molecule has 3 nitrogen and oxygen atoms in total. The SMILES string of the molecule is OCc1cnc(OCCc2cccs2)c2ccccc12. The van der Waals surface area contributed by atoms with Crippen LogP contribution in [0.4, 0.5) is 0 Å². The van der Waals surface area contributed by atoms with Gasteiger partial charge in [-0.25, -0.2) is 4.98 Å². The molecule has 0 aliphatic heterocycles. The Hall–Kier alpha value is -1.91. The molecule has 0 fully saturated rings. The minimum absolute atomic E-state index is 0.0109. The quantitative estimate of drug-likeness (QED) is 0.781. The van der Waals surface area contributed by atoms with E-state index in [-0.39, 0.29) is 6.61 Å². The summed E-state index contributed by atoms with van der Waals surface area (Å²) in [6.45, 7) is 0.596. The number of fused-ring (bicyclic) bond motifs is 1. The molecule has 0 radical (unpaired) electrons. The molecule has 0 aliphatic rings. The van der Waals surface area contributed by atoms with Gasteiger partial charge >= 0.3 is 0 Å². The first kappa shape index (κ1) is 13.1. The van der Waals surface area contributed by atoms with E-state index in [1.807, 2.05) is 30.3 Å². The molecule has 2 heterocycles. The number of thiophene rings is 1. The zero-order chi connectivity index (χ0) is 13.8. The molecule has 0 saturated carbocycles. The van der Waals surface area contributed by atoms with E-state index in [0.29, 0.717) is 12.5 Å². The summed E-state index contributed by atoms with van der Waals surface area (Å²) in [7, 11) is 0. The van der Waals surface area contributed by atoms with Crippen LogP contribution in [0.25, 0.3) is 10.8 Å². The Balaban J connectivity index is 1.81. The van der Waals surface area contributed by atoms with Crippen LogP contribution >= 0.6 is 11.3 Å². The number of ether oxygens (including phenoxy) is 1. The third-order valence-corrected chi connectivity index (χ3v) is 4.11. The molecular weight excluding hydrogens is 270 g/mol. The van der Waals surface area contributed by atoms with Gasteiger partial charge in [0.2, 0.25) is 5.88 Å². The number of pyridine rings is 1. The molecule has 1 N–H and O–H groups in total. The number of aliphatic hydroxyl groups is 1. The Kier molecular flexibility index (Phi) is 3.95. The third kappa shape index (κ3) is 2.66. The van der Waals surface area contributed by atoms with E-state index in [9.17, 15) is 5.11 Å². The van der Waals surface area contributed by atoms with Crippen molar-refractivity contribution >= 4 is 22.1 Å². The number of rotatable bonds is 5. The Morgan fingerprint density at radius 2 is 1.95 bits per heavy atom.